The predicted molar refractivity (Wildman–Crippen MR) is 86.0 cm³/mol. The monoisotopic (exact) mass is 383 g/mol. The third-order valence-electron chi connectivity index (χ3n) is 3.21. The summed E-state index contributed by atoms with van der Waals surface area (Å²) in [4.78, 5) is 2.28. The van der Waals surface area contributed by atoms with Crippen LogP contribution in [0.2, 0.25) is 0 Å². The quantitative estimate of drug-likeness (QED) is 0.868. The summed E-state index contributed by atoms with van der Waals surface area (Å²) in [6, 6.07) is 7.27. The molecular formula is C13H17BrCl2FN3. The van der Waals surface area contributed by atoms with E-state index in [-0.39, 0.29) is 36.7 Å². The Kier molecular flexibility index (Phi) is 9.36. The molecule has 1 aromatic carbocycles. The van der Waals surface area contributed by atoms with Gasteiger partial charge in [-0.1, -0.05) is 6.07 Å². The summed E-state index contributed by atoms with van der Waals surface area (Å²) >= 11 is 3.20. The van der Waals surface area contributed by atoms with Crippen molar-refractivity contribution >= 4 is 40.7 Å². The zero-order valence-corrected chi connectivity index (χ0v) is 14.0. The van der Waals surface area contributed by atoms with E-state index >= 15 is 0 Å². The van der Waals surface area contributed by atoms with Crippen molar-refractivity contribution < 1.29 is 4.39 Å². The smallest absolute Gasteiger partial charge is 0.137 e. The number of hydrogen-bond acceptors (Lipinski definition) is 3. The molecule has 1 saturated heterocycles. The molecule has 0 saturated carbocycles. The number of halogens is 4. The van der Waals surface area contributed by atoms with Crippen LogP contribution in [0.3, 0.4) is 0 Å². The van der Waals surface area contributed by atoms with Gasteiger partial charge in [-0.2, -0.15) is 5.26 Å². The van der Waals surface area contributed by atoms with Gasteiger partial charge in [0.1, 0.15) is 5.82 Å². The van der Waals surface area contributed by atoms with E-state index in [2.05, 4.69) is 32.2 Å². The van der Waals surface area contributed by atoms with Gasteiger partial charge in [0.25, 0.3) is 0 Å². The second kappa shape index (κ2) is 9.54. The largest absolute Gasteiger partial charge is 0.314 e. The molecule has 7 heteroatoms. The first-order chi connectivity index (χ1) is 8.72. The van der Waals surface area contributed by atoms with E-state index in [1.807, 2.05) is 0 Å². The van der Waals surface area contributed by atoms with E-state index in [1.165, 1.54) is 6.07 Å². The molecule has 20 heavy (non-hydrogen) atoms. The highest BCUT2D eigenvalue weighted by Crippen LogP contribution is 2.27. The highest BCUT2D eigenvalue weighted by Gasteiger charge is 2.22. The van der Waals surface area contributed by atoms with Crippen LogP contribution in [0.15, 0.2) is 22.7 Å². The van der Waals surface area contributed by atoms with Gasteiger partial charge in [0.05, 0.1) is 17.0 Å². The fourth-order valence-corrected chi connectivity index (χ4v) is 2.65. The number of hydrogen-bond donors (Lipinski definition) is 1. The van der Waals surface area contributed by atoms with Gasteiger partial charge in [-0.25, -0.2) is 4.39 Å². The second-order valence-corrected chi connectivity index (χ2v) is 5.19. The van der Waals surface area contributed by atoms with Crippen LogP contribution in [0, 0.1) is 17.1 Å². The normalized spacial score (nSPS) is 16.4. The average molecular weight is 385 g/mol. The Labute approximate surface area is 139 Å². The lowest BCUT2D eigenvalue weighted by Crippen LogP contribution is -2.45. The van der Waals surface area contributed by atoms with Crippen molar-refractivity contribution in [2.45, 2.75) is 12.5 Å². The zero-order chi connectivity index (χ0) is 13.0. The number of nitriles is 1. The SMILES string of the molecule is Cl.Cl.N#CC[C@H](c1ccc(F)c(Br)c1)N1CCNCC1. The van der Waals surface area contributed by atoms with Crippen molar-refractivity contribution in [3.8, 4) is 6.07 Å². The summed E-state index contributed by atoms with van der Waals surface area (Å²) in [6.45, 7) is 3.71. The minimum Gasteiger partial charge on any atom is -0.314 e. The first-order valence-electron chi connectivity index (χ1n) is 5.99. The maximum absolute atomic E-state index is 13.3. The Morgan fingerprint density at radius 2 is 2.00 bits per heavy atom. The minimum atomic E-state index is -0.269. The van der Waals surface area contributed by atoms with Crippen LogP contribution in [0.4, 0.5) is 4.39 Å². The van der Waals surface area contributed by atoms with E-state index in [1.54, 1.807) is 12.1 Å². The fourth-order valence-electron chi connectivity index (χ4n) is 2.26. The summed E-state index contributed by atoms with van der Waals surface area (Å²) in [7, 11) is 0. The van der Waals surface area contributed by atoms with Gasteiger partial charge >= 0.3 is 0 Å². The van der Waals surface area contributed by atoms with Crippen LogP contribution in [-0.2, 0) is 0 Å². The van der Waals surface area contributed by atoms with Gasteiger partial charge in [-0.3, -0.25) is 4.90 Å². The van der Waals surface area contributed by atoms with Crippen LogP contribution >= 0.6 is 40.7 Å². The Balaban J connectivity index is 0.00000180. The first-order valence-corrected chi connectivity index (χ1v) is 6.78. The Morgan fingerprint density at radius 3 is 2.55 bits per heavy atom. The molecule has 0 radical (unpaired) electrons. The third kappa shape index (κ3) is 4.87. The molecule has 0 spiro atoms. The molecular weight excluding hydrogens is 368 g/mol. The number of nitrogens with one attached hydrogen (secondary N) is 1. The fraction of sp³-hybridized carbons (Fsp3) is 0.462. The number of rotatable bonds is 3. The van der Waals surface area contributed by atoms with Gasteiger partial charge < -0.3 is 5.32 Å². The third-order valence-corrected chi connectivity index (χ3v) is 3.81. The van der Waals surface area contributed by atoms with Gasteiger partial charge in [0.15, 0.2) is 0 Å². The Bertz CT molecular complexity index is 461. The van der Waals surface area contributed by atoms with E-state index in [4.69, 9.17) is 5.26 Å². The van der Waals surface area contributed by atoms with Crippen molar-refractivity contribution in [3.63, 3.8) is 0 Å². The number of nitrogens with zero attached hydrogens (tertiary/aromatic N) is 2. The summed E-state index contributed by atoms with van der Waals surface area (Å²) in [6.07, 6.45) is 0.429. The highest BCUT2D eigenvalue weighted by molar-refractivity contribution is 9.10. The lowest BCUT2D eigenvalue weighted by molar-refractivity contribution is 0.175. The van der Waals surface area contributed by atoms with Crippen LogP contribution in [0.25, 0.3) is 0 Å². The van der Waals surface area contributed by atoms with Gasteiger partial charge in [0, 0.05) is 32.2 Å². The first kappa shape index (κ1) is 19.6. The lowest BCUT2D eigenvalue weighted by atomic mass is 10.0. The number of benzene rings is 1. The Morgan fingerprint density at radius 1 is 1.35 bits per heavy atom. The van der Waals surface area contributed by atoms with E-state index in [0.717, 1.165) is 31.7 Å². The summed E-state index contributed by atoms with van der Waals surface area (Å²) in [5.74, 6) is -0.269. The van der Waals surface area contributed by atoms with Crippen molar-refractivity contribution in [3.05, 3.63) is 34.1 Å². The molecule has 0 unspecified atom stereocenters. The molecule has 1 aliphatic rings. The molecule has 0 aliphatic carbocycles. The van der Waals surface area contributed by atoms with Crippen LogP contribution in [0.5, 0.6) is 0 Å². The minimum absolute atomic E-state index is 0. The Hall–Kier alpha value is -0.380. The molecule has 0 amide bonds. The maximum atomic E-state index is 13.3. The summed E-state index contributed by atoms with van der Waals surface area (Å²) in [5, 5.41) is 12.3. The maximum Gasteiger partial charge on any atom is 0.137 e. The molecule has 112 valence electrons. The predicted octanol–water partition coefficient (Wildman–Crippen LogP) is 3.29. The molecule has 1 aromatic rings. The summed E-state index contributed by atoms with van der Waals surface area (Å²) < 4.78 is 13.7. The molecule has 1 aliphatic heterocycles. The van der Waals surface area contributed by atoms with Crippen molar-refractivity contribution in [1.29, 1.82) is 5.26 Å². The van der Waals surface area contributed by atoms with Crippen LogP contribution < -0.4 is 5.32 Å². The van der Waals surface area contributed by atoms with E-state index in [9.17, 15) is 4.39 Å². The van der Waals surface area contributed by atoms with Crippen molar-refractivity contribution in [1.82, 2.24) is 10.2 Å². The standard InChI is InChI=1S/C13H15BrFN3.2ClH/c14-11-9-10(1-2-12(11)15)13(3-4-16)18-7-5-17-6-8-18;;/h1-2,9,13,17H,3,5-8H2;2*1H/t13-;;/m1../s1. The van der Waals surface area contributed by atoms with E-state index in [0.29, 0.717) is 10.9 Å². The molecule has 0 aromatic heterocycles. The van der Waals surface area contributed by atoms with Gasteiger partial charge in [0.2, 0.25) is 0 Å². The molecule has 1 fully saturated rings. The summed E-state index contributed by atoms with van der Waals surface area (Å²) in [5.41, 5.74) is 0.992. The zero-order valence-electron chi connectivity index (χ0n) is 10.8. The molecule has 0 bridgehead atoms. The number of piperazine rings is 1. The average Bonchev–Trinajstić information content (AvgIpc) is 2.40. The second-order valence-electron chi connectivity index (χ2n) is 4.34. The topological polar surface area (TPSA) is 39.1 Å². The van der Waals surface area contributed by atoms with Gasteiger partial charge in [-0.15, -0.1) is 24.8 Å². The van der Waals surface area contributed by atoms with Crippen molar-refractivity contribution in [2.75, 3.05) is 26.2 Å². The van der Waals surface area contributed by atoms with Crippen LogP contribution in [0.1, 0.15) is 18.0 Å². The van der Waals surface area contributed by atoms with Crippen molar-refractivity contribution in [2.24, 2.45) is 0 Å². The van der Waals surface area contributed by atoms with E-state index < -0.39 is 0 Å². The molecule has 3 nitrogen and oxygen atoms in total. The highest BCUT2D eigenvalue weighted by atomic mass is 79.9. The lowest BCUT2D eigenvalue weighted by Gasteiger charge is -2.34. The van der Waals surface area contributed by atoms with Crippen LogP contribution in [-0.4, -0.2) is 31.1 Å². The molecule has 2 rings (SSSR count). The molecule has 1 N–H and O–H groups in total. The molecule has 1 atom stereocenters. The molecule has 1 heterocycles. The van der Waals surface area contributed by atoms with Gasteiger partial charge in [-0.05, 0) is 33.6 Å².